The van der Waals surface area contributed by atoms with Crippen LogP contribution in [0.4, 0.5) is 29.7 Å². The first-order valence-electron chi connectivity index (χ1n) is 36.8. The molecular formula is C76H109Br2F2N11O19. The van der Waals surface area contributed by atoms with Crippen molar-refractivity contribution in [1.82, 2.24) is 41.3 Å². The van der Waals surface area contributed by atoms with Crippen LogP contribution < -0.4 is 47.3 Å². The minimum absolute atomic E-state index is 0.0287. The van der Waals surface area contributed by atoms with Gasteiger partial charge in [0.2, 0.25) is 41.4 Å². The standard InChI is InChI=1S/C76H109Br2F2N11O19/c1-15-45(8)64(56(104-13)39-58(93)90-30-20-24-55(90)66(105-14)46(9)68(95)83-47(10)65(94)49-21-17-16-18-22-49)88(11)74(101)62(43(4)5)87-71(98)63(44(6)7)89(12)76(103)110-40-48-25-27-50(28-26-48)84-69(96)54(23-19-29-82-75(81)102)85-70(97)61(42(2)3)86-57(92)41-108-34-33-106-31-32-107-35-36-109-67-52(79)37-51(38-53(67)80)91-72(99)59(77)60(78)73(91)100/h16-18,21-22,25-28,37-38,42-47,54-56,61-66,94H,15,19-20,23-24,29-36,39-41H2,1-14H3,(H,83,95)(H,84,96)(H,85,97)(H,86,92)(H,87,98)(H3,81,82,102)/t45-,46+,47+,54-,55-,56+,61-,62-,63-,64-,65+,66+/m0/s1. The van der Waals surface area contributed by atoms with Gasteiger partial charge in [0.05, 0.1) is 87.5 Å². The van der Waals surface area contributed by atoms with Crippen molar-refractivity contribution in [2.75, 3.05) is 97.9 Å². The van der Waals surface area contributed by atoms with Gasteiger partial charge in [-0.15, -0.1) is 0 Å². The Morgan fingerprint density at radius 1 is 0.700 bits per heavy atom. The van der Waals surface area contributed by atoms with Gasteiger partial charge in [0.25, 0.3) is 11.8 Å². The third-order valence-corrected chi connectivity index (χ3v) is 21.2. The molecule has 0 saturated carbocycles. The van der Waals surface area contributed by atoms with Crippen molar-refractivity contribution in [3.63, 3.8) is 0 Å². The Hall–Kier alpha value is -8.25. The molecule has 0 spiro atoms. The zero-order chi connectivity index (χ0) is 81.8. The Labute approximate surface area is 658 Å². The summed E-state index contributed by atoms with van der Waals surface area (Å²) in [4.78, 5) is 153. The number of nitrogens with zero attached hydrogens (tertiary/aromatic N) is 4. The van der Waals surface area contributed by atoms with Crippen molar-refractivity contribution < 1.29 is 99.8 Å². The van der Waals surface area contributed by atoms with Crippen molar-refractivity contribution in [3.8, 4) is 5.75 Å². The average molecular weight is 1680 g/mol. The zero-order valence-corrected chi connectivity index (χ0v) is 68.2. The molecule has 0 aromatic heterocycles. The van der Waals surface area contributed by atoms with Crippen LogP contribution in [0.2, 0.25) is 0 Å². The number of primary amides is 1. The first kappa shape index (κ1) is 92.4. The molecule has 3 aromatic carbocycles. The highest BCUT2D eigenvalue weighted by atomic mass is 79.9. The van der Waals surface area contributed by atoms with Gasteiger partial charge in [-0.1, -0.05) is 111 Å². The van der Waals surface area contributed by atoms with E-state index in [0.29, 0.717) is 47.5 Å². The number of benzene rings is 3. The van der Waals surface area contributed by atoms with E-state index in [2.05, 4.69) is 63.8 Å². The molecule has 0 bridgehead atoms. The molecule has 2 aliphatic rings. The number of rotatable bonds is 45. The summed E-state index contributed by atoms with van der Waals surface area (Å²) >= 11 is 5.93. The number of imide groups is 1. The molecular weight excluding hydrogens is 1570 g/mol. The highest BCUT2D eigenvalue weighted by Crippen LogP contribution is 2.37. The molecule has 2 heterocycles. The van der Waals surface area contributed by atoms with Gasteiger partial charge in [0.15, 0.2) is 17.4 Å². The van der Waals surface area contributed by atoms with Crippen LogP contribution >= 0.6 is 31.9 Å². The number of carbonyl (C=O) groups excluding carboxylic acids is 11. The number of aliphatic hydroxyl groups excluding tert-OH is 1. The topological polar surface area (TPSA) is 384 Å². The molecule has 34 heteroatoms. The van der Waals surface area contributed by atoms with Gasteiger partial charge in [-0.05, 0) is 111 Å². The number of carbonyl (C=O) groups is 11. The zero-order valence-electron chi connectivity index (χ0n) is 65.0. The summed E-state index contributed by atoms with van der Waals surface area (Å²) in [6.45, 7) is 17.4. The van der Waals surface area contributed by atoms with Crippen LogP contribution in [-0.2, 0) is 78.2 Å². The molecule has 2 aliphatic heterocycles. The predicted octanol–water partition coefficient (Wildman–Crippen LogP) is 6.87. The molecule has 0 radical (unpaired) electrons. The maximum absolute atomic E-state index is 14.9. The SMILES string of the molecule is CC[C@H](C)[C@@H]([C@@H](CC(=O)N1CCC[C@H]1[C@H](OC)[C@@H](C)C(=O)N[C@H](C)[C@@H](O)c1ccccc1)OC)N(C)C(=O)[C@@H](NC(=O)[C@H](C(C)C)N(C)C(=O)OCc1ccc(NC(=O)[C@H](CCCNC(N)=O)NC(=O)[C@@H](NC(=O)COCCOCCOCCOc2c(F)cc(N3C(=O)C(Br)=C(Br)C3=O)cc2F)C(C)C)cc1)C(C)C. The largest absolute Gasteiger partial charge is 0.485 e. The van der Waals surface area contributed by atoms with E-state index in [-0.39, 0.29) is 104 Å². The molecule has 0 aliphatic carbocycles. The molecule has 12 atom stereocenters. The number of ether oxygens (including phenoxy) is 7. The normalized spacial score (nSPS) is 16.8. The number of hydrogen-bond acceptors (Lipinski definition) is 19. The monoisotopic (exact) mass is 1680 g/mol. The number of aliphatic hydroxyl groups is 1. The molecule has 5 rings (SSSR count). The first-order chi connectivity index (χ1) is 52.1. The number of hydrogen-bond donors (Lipinski definition) is 8. The van der Waals surface area contributed by atoms with Crippen LogP contribution in [0, 0.1) is 41.2 Å². The van der Waals surface area contributed by atoms with E-state index in [4.69, 9.17) is 38.9 Å². The molecule has 610 valence electrons. The highest BCUT2D eigenvalue weighted by molar-refractivity contribution is 9.14. The Morgan fingerprint density at radius 3 is 1.85 bits per heavy atom. The Balaban J connectivity index is 1.10. The number of likely N-dealkylation sites (N-methyl/N-ethyl adjacent to an activating group) is 2. The van der Waals surface area contributed by atoms with Gasteiger partial charge in [0.1, 0.15) is 53.0 Å². The van der Waals surface area contributed by atoms with Gasteiger partial charge in [-0.25, -0.2) is 23.3 Å². The molecule has 12 amide bonds. The molecule has 30 nitrogen and oxygen atoms in total. The minimum Gasteiger partial charge on any atom is -0.485 e. The van der Waals surface area contributed by atoms with Crippen molar-refractivity contribution >= 4 is 109 Å². The number of halogens is 4. The van der Waals surface area contributed by atoms with Crippen LogP contribution in [-0.4, -0.2) is 227 Å². The van der Waals surface area contributed by atoms with E-state index in [1.807, 2.05) is 32.0 Å². The van der Waals surface area contributed by atoms with Gasteiger partial charge in [0, 0.05) is 59.2 Å². The number of likely N-dealkylation sites (tertiary alicyclic amines) is 1. The number of urea groups is 1. The van der Waals surface area contributed by atoms with Gasteiger partial charge >= 0.3 is 12.1 Å². The molecule has 110 heavy (non-hydrogen) atoms. The molecule has 0 unspecified atom stereocenters. The fraction of sp³-hybridized carbons (Fsp3) is 0.592. The fourth-order valence-corrected chi connectivity index (χ4v) is 13.7. The molecule has 9 N–H and O–H groups in total. The third-order valence-electron chi connectivity index (χ3n) is 19.2. The summed E-state index contributed by atoms with van der Waals surface area (Å²) in [6, 6.07) is 9.89. The van der Waals surface area contributed by atoms with Crippen LogP contribution in [0.1, 0.15) is 125 Å². The average Bonchev–Trinajstić information content (AvgIpc) is 1.55. The maximum Gasteiger partial charge on any atom is 0.410 e. The summed E-state index contributed by atoms with van der Waals surface area (Å²) in [7, 11) is 6.04. The van der Waals surface area contributed by atoms with Crippen molar-refractivity contribution in [1.29, 1.82) is 0 Å². The fourth-order valence-electron chi connectivity index (χ4n) is 13.0. The van der Waals surface area contributed by atoms with Crippen LogP contribution in [0.25, 0.3) is 0 Å². The lowest BCUT2D eigenvalue weighted by Crippen LogP contribution is -2.60. The van der Waals surface area contributed by atoms with E-state index in [1.165, 1.54) is 26.2 Å². The number of nitrogens with two attached hydrogens (primary N) is 1. The second kappa shape index (κ2) is 45.3. The van der Waals surface area contributed by atoms with Gasteiger partial charge < -0.3 is 85.7 Å². The summed E-state index contributed by atoms with van der Waals surface area (Å²) in [5, 5.41) is 27.4. The minimum atomic E-state index is -1.18. The summed E-state index contributed by atoms with van der Waals surface area (Å²) in [5.41, 5.74) is 6.38. The Morgan fingerprint density at radius 2 is 1.29 bits per heavy atom. The molecule has 1 fully saturated rings. The van der Waals surface area contributed by atoms with Crippen LogP contribution in [0.5, 0.6) is 5.75 Å². The molecule has 1 saturated heterocycles. The van der Waals surface area contributed by atoms with E-state index in [1.54, 1.807) is 104 Å². The maximum atomic E-state index is 14.9. The lowest BCUT2D eigenvalue weighted by molar-refractivity contribution is -0.148. The summed E-state index contributed by atoms with van der Waals surface area (Å²) in [6.07, 6.45) is -1.29. The van der Waals surface area contributed by atoms with E-state index in [9.17, 15) is 66.6 Å². The van der Waals surface area contributed by atoms with Crippen molar-refractivity contribution in [3.05, 3.63) is 98.5 Å². The number of amides is 12. The van der Waals surface area contributed by atoms with E-state index >= 15 is 0 Å². The number of methoxy groups -OCH3 is 2. The molecule has 3 aromatic rings. The Kier molecular flexibility index (Phi) is 38.0. The summed E-state index contributed by atoms with van der Waals surface area (Å²) in [5.74, 6) is -10.5. The predicted molar refractivity (Wildman–Crippen MR) is 411 cm³/mol. The number of nitrogens with one attached hydrogen (secondary N) is 6. The highest BCUT2D eigenvalue weighted by Gasteiger charge is 2.45. The van der Waals surface area contributed by atoms with Gasteiger partial charge in [-0.2, -0.15) is 0 Å². The summed E-state index contributed by atoms with van der Waals surface area (Å²) < 4.78 is 68.7. The van der Waals surface area contributed by atoms with Crippen LogP contribution in [0.3, 0.4) is 0 Å². The third kappa shape index (κ3) is 26.5. The Bertz CT molecular complexity index is 3590. The quantitative estimate of drug-likeness (QED) is 0.0211. The second-order valence-electron chi connectivity index (χ2n) is 28.2. The van der Waals surface area contributed by atoms with Gasteiger partial charge in [-0.3, -0.25) is 48.1 Å². The van der Waals surface area contributed by atoms with E-state index in [0.717, 1.165) is 17.0 Å². The van der Waals surface area contributed by atoms with E-state index < -0.39 is 162 Å². The second-order valence-corrected chi connectivity index (χ2v) is 29.8. The van der Waals surface area contributed by atoms with Crippen LogP contribution in [0.15, 0.2) is 75.7 Å². The first-order valence-corrected chi connectivity index (χ1v) is 38.4. The lowest BCUT2D eigenvalue weighted by atomic mass is 9.89. The van der Waals surface area contributed by atoms with Crippen molar-refractivity contribution in [2.45, 2.75) is 175 Å². The number of anilines is 2. The lowest BCUT2D eigenvalue weighted by Gasteiger charge is -2.41. The van der Waals surface area contributed by atoms with Crippen molar-refractivity contribution in [2.24, 2.45) is 35.3 Å². The smallest absolute Gasteiger partial charge is 0.410 e.